The van der Waals surface area contributed by atoms with Gasteiger partial charge in [-0.25, -0.2) is 0 Å². The van der Waals surface area contributed by atoms with E-state index in [0.29, 0.717) is 42.4 Å². The largest absolute Gasteiger partial charge is 0.342 e. The third kappa shape index (κ3) is 16.1. The van der Waals surface area contributed by atoms with E-state index in [9.17, 15) is 1.37 Å². The van der Waals surface area contributed by atoms with Crippen LogP contribution in [0.15, 0.2) is 222 Å². The minimum atomic E-state index is -0.568. The zero-order valence-corrected chi connectivity index (χ0v) is 75.6. The van der Waals surface area contributed by atoms with Gasteiger partial charge in [0, 0.05) is 45.5 Å². The van der Waals surface area contributed by atoms with Crippen molar-refractivity contribution in [3.05, 3.63) is 249 Å². The normalized spacial score (nSPS) is 29.2. The number of allylic oxidation sites excluding steroid dienone is 8. The molecule has 8 nitrogen and oxygen atoms in total. The summed E-state index contributed by atoms with van der Waals surface area (Å²) in [5.41, 5.74) is 24.5. The summed E-state index contributed by atoms with van der Waals surface area (Å²) < 4.78 is 9.67. The molecule has 0 spiro atoms. The summed E-state index contributed by atoms with van der Waals surface area (Å²) in [6, 6.07) is 46.4. The molecule has 8 heteroatoms. The number of anilines is 4. The van der Waals surface area contributed by atoms with E-state index >= 15 is 0 Å². The van der Waals surface area contributed by atoms with Gasteiger partial charge < -0.3 is 39.2 Å². The van der Waals surface area contributed by atoms with E-state index in [0.717, 1.165) is 35.5 Å². The Morgan fingerprint density at radius 2 is 0.524 bits per heavy atom. The van der Waals surface area contributed by atoms with Gasteiger partial charge in [-0.2, -0.15) is 0 Å². The van der Waals surface area contributed by atoms with Crippen LogP contribution < -0.4 is 19.6 Å². The average molecular weight is 1670 g/mol. The highest BCUT2D eigenvalue weighted by Gasteiger charge is 2.62. The number of fused-ring (bicyclic) bond motifs is 4. The van der Waals surface area contributed by atoms with Crippen molar-refractivity contribution in [2.45, 2.75) is 396 Å². The molecule has 124 heavy (non-hydrogen) atoms. The highest BCUT2D eigenvalue weighted by molar-refractivity contribution is 5.68. The van der Waals surface area contributed by atoms with Gasteiger partial charge in [0.05, 0.1) is 46.8 Å². The molecule has 670 valence electrons. The summed E-state index contributed by atoms with van der Waals surface area (Å²) in [6.07, 6.45) is 77.2. The Labute approximate surface area is 757 Å². The van der Waals surface area contributed by atoms with Gasteiger partial charge in [0.2, 0.25) is 0 Å². The Morgan fingerprint density at radius 1 is 0.266 bits per heavy atom. The molecule has 5 aromatic carbocycles. The molecule has 0 N–H and O–H groups in total. The summed E-state index contributed by atoms with van der Waals surface area (Å²) in [6.45, 7) is 20.9. The summed E-state index contributed by atoms with van der Waals surface area (Å²) >= 11 is 0. The van der Waals surface area contributed by atoms with Crippen molar-refractivity contribution in [2.24, 2.45) is 53.3 Å². The predicted molar refractivity (Wildman–Crippen MR) is 531 cm³/mol. The van der Waals surface area contributed by atoms with Crippen LogP contribution in [-0.4, -0.2) is 61.4 Å². The molecule has 0 radical (unpaired) electrons. The second kappa shape index (κ2) is 39.2. The van der Waals surface area contributed by atoms with Crippen molar-refractivity contribution in [1.29, 1.82) is 0 Å². The van der Waals surface area contributed by atoms with Crippen LogP contribution in [0.4, 0.5) is 22.7 Å². The van der Waals surface area contributed by atoms with Crippen LogP contribution in [0.2, 0.25) is 0 Å². The fourth-order valence-electron chi connectivity index (χ4n) is 28.8. The summed E-state index contributed by atoms with van der Waals surface area (Å²) in [5.74, 6) is 6.72. The Bertz CT molecular complexity index is 4710. The van der Waals surface area contributed by atoms with E-state index in [1.54, 1.807) is 11.4 Å². The minimum Gasteiger partial charge on any atom is -0.342 e. The lowest BCUT2D eigenvalue weighted by Gasteiger charge is -2.55. The van der Waals surface area contributed by atoms with E-state index in [4.69, 9.17) is 0 Å². The molecule has 5 aromatic rings. The minimum absolute atomic E-state index is 0. The van der Waals surface area contributed by atoms with Crippen LogP contribution in [0.1, 0.15) is 350 Å². The number of hydrogen-bond donors (Lipinski definition) is 0. The fourth-order valence-corrected chi connectivity index (χ4v) is 28.8. The molecule has 9 fully saturated rings. The number of rotatable bonds is 14. The van der Waals surface area contributed by atoms with Crippen molar-refractivity contribution < 1.29 is 1.37 Å². The van der Waals surface area contributed by atoms with Crippen LogP contribution in [-0.2, 0) is 5.54 Å². The molecule has 7 atom stereocenters. The van der Waals surface area contributed by atoms with E-state index in [2.05, 4.69) is 278 Å². The van der Waals surface area contributed by atoms with Crippen molar-refractivity contribution >= 4 is 22.7 Å². The molecular formula is C116H166N8. The zero-order chi connectivity index (χ0) is 82.7. The highest BCUT2D eigenvalue weighted by Crippen LogP contribution is 2.62. The number of aryl methyl sites for hydroxylation is 4. The van der Waals surface area contributed by atoms with Crippen LogP contribution in [0.5, 0.6) is 0 Å². The van der Waals surface area contributed by atoms with Gasteiger partial charge in [-0.05, 0) is 308 Å². The van der Waals surface area contributed by atoms with Gasteiger partial charge in [-0.3, -0.25) is 0 Å². The smallest absolute Gasteiger partial charge is 0.110 e. The van der Waals surface area contributed by atoms with Crippen molar-refractivity contribution in [1.82, 2.24) is 19.6 Å². The first kappa shape index (κ1) is 89.8. The first-order valence-electron chi connectivity index (χ1n) is 50.4. The van der Waals surface area contributed by atoms with Crippen molar-refractivity contribution in [2.75, 3.05) is 19.6 Å². The van der Waals surface area contributed by atoms with E-state index in [-0.39, 0.29) is 46.3 Å². The van der Waals surface area contributed by atoms with E-state index in [1.807, 2.05) is 0 Å². The van der Waals surface area contributed by atoms with Gasteiger partial charge in [-0.1, -0.05) is 298 Å². The third-order valence-corrected chi connectivity index (χ3v) is 34.6. The van der Waals surface area contributed by atoms with Crippen LogP contribution in [0.3, 0.4) is 0 Å². The Morgan fingerprint density at radius 3 is 0.871 bits per heavy atom. The standard InChI is InChI=1S/C31H44N2.C30H42N2.C26H30N2.C25H34N2.4CH4/c1-23-13-9-12-20-28(23)32-24(2)29-21-22-31(26-16-5-3-6-17-26,27-18-7-4-8-19-27)33(29)30(32)25-14-10-11-15-25;1-22-12-6-11-19-27(22)31-23(2)28-20-21-30(26-17-9-10-18-26,25-15-4-3-5-16-25)32(28)29(31)24-13-7-8-14-24;1-19-11-7-10-16-23(19)27-20(2)24-17-18-26(3,22-14-5-4-6-15-22)28(24)25(27)21-12-8-9-13-21;1-18-10-6-9-15-22(18)26-19(2)23-16-17-24(20-11-4-3-5-12-20)27(23)25(26)21-13-7-8-14-21;;;;/h9,12-13,20-22,25-27,30H,3-8,10-11,14-19H2,1-2H3;6,11-12,19-21,24-26,29H,3-5,7-10,13-18H2,1-2H3;4-7,10-11,14-18,21,25H,8-9,12-13H2,1-3H3;6,9-10,15-17,20-21,24-25H,3-5,7-8,11-14H2,1-2H3;4*1H4/i;;;24D;;;;. The Kier molecular flexibility index (Phi) is 28.4. The molecule has 7 unspecified atom stereocenters. The molecule has 0 aromatic heterocycles. The molecule has 9 aliphatic carbocycles. The monoisotopic (exact) mass is 1670 g/mol. The van der Waals surface area contributed by atoms with Gasteiger partial charge in [0.1, 0.15) is 24.7 Å². The second-order valence-corrected chi connectivity index (χ2v) is 41.2. The van der Waals surface area contributed by atoms with Crippen molar-refractivity contribution in [3.8, 4) is 0 Å². The van der Waals surface area contributed by atoms with Crippen LogP contribution >= 0.6 is 0 Å². The SMILES string of the molecule is C.C.C.C.CC1=C2C=CC(C)(c3ccccc3)N2C(C2CCCC2)N1c1ccccc1C.CC1=C2C=CC(C3CCCCC3)(C3CCCC3)N2C(C2CCCC2)N1c1ccccc1C.CC1=C2C=CC(C3CCCCC3)(C3CCCCC3)N2C(C2CCCC2)N1c1ccccc1C.[2H]C1(C2CCCCC2)C=CC2=C(C)N(c3ccccc3C)C(C3CCCC3)N21. The highest BCUT2D eigenvalue weighted by atomic mass is 15.5. The fraction of sp³-hybridized carbons (Fsp3) is 0.603. The summed E-state index contributed by atoms with van der Waals surface area (Å²) in [7, 11) is 0. The molecule has 22 rings (SSSR count). The van der Waals surface area contributed by atoms with E-state index < -0.39 is 6.02 Å². The predicted octanol–water partition coefficient (Wildman–Crippen LogP) is 31.6. The maximum atomic E-state index is 9.67. The van der Waals surface area contributed by atoms with Gasteiger partial charge in [0.25, 0.3) is 0 Å². The first-order chi connectivity index (χ1) is 59.2. The summed E-state index contributed by atoms with van der Waals surface area (Å²) in [5, 5.41) is 0. The molecule has 0 bridgehead atoms. The molecular weight excluding hydrogens is 1510 g/mol. The quantitative estimate of drug-likeness (QED) is 0.109. The van der Waals surface area contributed by atoms with Crippen LogP contribution in [0, 0.1) is 81.0 Å². The lowest BCUT2D eigenvalue weighted by molar-refractivity contribution is -0.00639. The Balaban J connectivity index is 0.000000128. The molecule has 8 heterocycles. The second-order valence-electron chi connectivity index (χ2n) is 41.2. The third-order valence-electron chi connectivity index (χ3n) is 34.6. The summed E-state index contributed by atoms with van der Waals surface area (Å²) in [4.78, 5) is 22.2. The van der Waals surface area contributed by atoms with Crippen LogP contribution in [0.25, 0.3) is 0 Å². The zero-order valence-electron chi connectivity index (χ0n) is 76.6. The van der Waals surface area contributed by atoms with Gasteiger partial charge in [0.15, 0.2) is 0 Å². The van der Waals surface area contributed by atoms with Gasteiger partial charge >= 0.3 is 0 Å². The number of benzene rings is 5. The topological polar surface area (TPSA) is 25.9 Å². The molecule has 0 saturated heterocycles. The molecule has 8 aliphatic heterocycles. The number of para-hydroxylation sites is 4. The lowest BCUT2D eigenvalue weighted by atomic mass is 9.63. The maximum absolute atomic E-state index is 9.67. The van der Waals surface area contributed by atoms with Crippen molar-refractivity contribution in [3.63, 3.8) is 0 Å². The van der Waals surface area contributed by atoms with Gasteiger partial charge in [-0.15, -0.1) is 0 Å². The Hall–Kier alpha value is -7.58. The molecule has 17 aliphatic rings. The number of hydrogen-bond acceptors (Lipinski definition) is 8. The molecule has 0 amide bonds. The maximum Gasteiger partial charge on any atom is 0.110 e. The number of nitrogens with zero attached hydrogens (tertiary/aromatic N) is 8. The lowest BCUT2D eigenvalue weighted by Crippen LogP contribution is -2.61. The van der Waals surface area contributed by atoms with E-state index in [1.165, 1.54) is 342 Å². The average Bonchev–Trinajstić information content (AvgIpc) is 1.57. The first-order valence-corrected chi connectivity index (χ1v) is 49.9. The molecule has 9 saturated carbocycles.